The van der Waals surface area contributed by atoms with Gasteiger partial charge in [-0.15, -0.1) is 0 Å². The van der Waals surface area contributed by atoms with E-state index in [0.29, 0.717) is 12.2 Å². The van der Waals surface area contributed by atoms with Crippen LogP contribution in [0, 0.1) is 0 Å². The van der Waals surface area contributed by atoms with Crippen molar-refractivity contribution in [1.29, 1.82) is 0 Å². The second-order valence-electron chi connectivity index (χ2n) is 6.36. The lowest BCUT2D eigenvalue weighted by atomic mass is 10.3. The monoisotopic (exact) mass is 415 g/mol. The third kappa shape index (κ3) is 5.46. The van der Waals surface area contributed by atoms with Crippen molar-refractivity contribution in [2.75, 3.05) is 33.2 Å². The van der Waals surface area contributed by atoms with E-state index in [2.05, 4.69) is 44.6 Å². The van der Waals surface area contributed by atoms with Crippen LogP contribution in [0.2, 0.25) is 0 Å². The van der Waals surface area contributed by atoms with Crippen molar-refractivity contribution in [3.8, 4) is 0 Å². The molecule has 0 atom stereocenters. The molecule has 0 unspecified atom stereocenters. The third-order valence-electron chi connectivity index (χ3n) is 4.26. The Bertz CT molecular complexity index is 932. The average Bonchev–Trinajstić information content (AvgIpc) is 3.09. The average molecular weight is 415 g/mol. The fraction of sp³-hybridized carbons (Fsp3) is 0.263. The lowest BCUT2D eigenvalue weighted by molar-refractivity contribution is -0.134. The Balaban J connectivity index is 0.000000258. The number of hydrogen-bond donors (Lipinski definition) is 2. The summed E-state index contributed by atoms with van der Waals surface area (Å²) in [6, 6.07) is 8.27. The number of hydrogen-bond acceptors (Lipinski definition) is 7. The summed E-state index contributed by atoms with van der Waals surface area (Å²) < 4.78 is 2.11. The number of fused-ring (bicyclic) bond motifs is 2. The predicted molar refractivity (Wildman–Crippen MR) is 109 cm³/mol. The number of benzene rings is 1. The number of carboxylic acid groups (broad SMARTS) is 2. The number of piperazine rings is 1. The van der Waals surface area contributed by atoms with Crippen LogP contribution in [-0.4, -0.2) is 80.7 Å². The van der Waals surface area contributed by atoms with E-state index in [1.165, 1.54) is 0 Å². The Labute approximate surface area is 172 Å². The third-order valence-corrected chi connectivity index (χ3v) is 5.31. The molecular formula is C19H21N5O4S. The van der Waals surface area contributed by atoms with Crippen molar-refractivity contribution in [2.24, 2.45) is 4.99 Å². The van der Waals surface area contributed by atoms with E-state index in [4.69, 9.17) is 15.2 Å². The fourth-order valence-electron chi connectivity index (χ4n) is 2.79. The van der Waals surface area contributed by atoms with Gasteiger partial charge in [0, 0.05) is 55.6 Å². The number of aromatic nitrogens is 2. The minimum Gasteiger partial charge on any atom is -0.478 e. The molecule has 2 aliphatic heterocycles. The lowest BCUT2D eigenvalue weighted by Crippen LogP contribution is -2.49. The van der Waals surface area contributed by atoms with Gasteiger partial charge in [0.2, 0.25) is 5.96 Å². The smallest absolute Gasteiger partial charge is 0.328 e. The predicted octanol–water partition coefficient (Wildman–Crippen LogP) is 1.84. The number of rotatable bonds is 2. The summed E-state index contributed by atoms with van der Waals surface area (Å²) in [4.78, 5) is 34.4. The van der Waals surface area contributed by atoms with Crippen molar-refractivity contribution >= 4 is 35.3 Å². The molecule has 1 aromatic heterocycles. The van der Waals surface area contributed by atoms with Crippen LogP contribution in [0.3, 0.4) is 0 Å². The Morgan fingerprint density at radius 1 is 1.07 bits per heavy atom. The second-order valence-corrected chi connectivity index (χ2v) is 7.37. The maximum atomic E-state index is 9.55. The molecule has 0 aliphatic carbocycles. The number of likely N-dealkylation sites (N-methyl/N-ethyl adjacent to an activating group) is 1. The number of nitrogens with zero attached hydrogens (tertiary/aromatic N) is 5. The Kier molecular flexibility index (Phi) is 6.68. The van der Waals surface area contributed by atoms with E-state index in [1.807, 2.05) is 18.5 Å². The molecule has 2 N–H and O–H groups in total. The first-order valence-electron chi connectivity index (χ1n) is 8.91. The van der Waals surface area contributed by atoms with E-state index in [0.717, 1.165) is 47.9 Å². The van der Waals surface area contributed by atoms with Gasteiger partial charge in [0.15, 0.2) is 5.16 Å². The van der Waals surface area contributed by atoms with Crippen LogP contribution in [-0.2, 0) is 9.59 Å². The molecule has 0 amide bonds. The van der Waals surface area contributed by atoms with Gasteiger partial charge < -0.3 is 20.0 Å². The molecule has 0 bridgehead atoms. The van der Waals surface area contributed by atoms with Crippen LogP contribution in [0.15, 0.2) is 63.9 Å². The molecule has 4 rings (SSSR count). The first kappa shape index (κ1) is 20.6. The van der Waals surface area contributed by atoms with Gasteiger partial charge in [-0.1, -0.05) is 12.1 Å². The van der Waals surface area contributed by atoms with Crippen LogP contribution in [0.1, 0.15) is 0 Å². The second kappa shape index (κ2) is 9.39. The molecule has 10 heteroatoms. The van der Waals surface area contributed by atoms with Gasteiger partial charge in [0.25, 0.3) is 0 Å². The quantitative estimate of drug-likeness (QED) is 0.715. The highest BCUT2D eigenvalue weighted by Crippen LogP contribution is 2.37. The summed E-state index contributed by atoms with van der Waals surface area (Å²) in [5, 5.41) is 16.6. The standard InChI is InChI=1S/C15H17N5S.C4H4O4/c1-18-8-10-19(11-9-18)14-17-12-4-2-3-5-13(12)21-15-16-6-7-20(14)15;5-3(6)1-2-4(7)8/h2-7H,8-11H2,1H3;1-2H,(H,5,6)(H,7,8)/b;2-1-. The van der Waals surface area contributed by atoms with Gasteiger partial charge >= 0.3 is 11.9 Å². The van der Waals surface area contributed by atoms with E-state index in [1.54, 1.807) is 11.8 Å². The summed E-state index contributed by atoms with van der Waals surface area (Å²) >= 11 is 1.68. The zero-order valence-corrected chi connectivity index (χ0v) is 16.6. The van der Waals surface area contributed by atoms with Crippen LogP contribution < -0.4 is 0 Å². The number of imidazole rings is 1. The van der Waals surface area contributed by atoms with Crippen molar-refractivity contribution < 1.29 is 19.8 Å². The molecule has 0 saturated carbocycles. The molecule has 29 heavy (non-hydrogen) atoms. The minimum absolute atomic E-state index is 0.558. The minimum atomic E-state index is -1.26. The fourth-order valence-corrected chi connectivity index (χ4v) is 3.70. The van der Waals surface area contributed by atoms with Gasteiger partial charge in [0.1, 0.15) is 0 Å². The number of para-hydroxylation sites is 1. The largest absolute Gasteiger partial charge is 0.478 e. The van der Waals surface area contributed by atoms with Crippen molar-refractivity contribution in [2.45, 2.75) is 10.1 Å². The topological polar surface area (TPSA) is 111 Å². The van der Waals surface area contributed by atoms with Crippen LogP contribution in [0.5, 0.6) is 0 Å². The first-order valence-corrected chi connectivity index (χ1v) is 9.72. The van der Waals surface area contributed by atoms with Crippen molar-refractivity contribution in [3.63, 3.8) is 0 Å². The summed E-state index contributed by atoms with van der Waals surface area (Å²) in [6.07, 6.45) is 4.97. The molecule has 1 aromatic carbocycles. The van der Waals surface area contributed by atoms with Crippen LogP contribution >= 0.6 is 11.8 Å². The number of aliphatic carboxylic acids is 2. The molecule has 3 heterocycles. The van der Waals surface area contributed by atoms with E-state index >= 15 is 0 Å². The van der Waals surface area contributed by atoms with Crippen LogP contribution in [0.25, 0.3) is 0 Å². The number of carboxylic acids is 2. The molecule has 2 aromatic rings. The van der Waals surface area contributed by atoms with Crippen molar-refractivity contribution in [1.82, 2.24) is 19.4 Å². The summed E-state index contributed by atoms with van der Waals surface area (Å²) in [6.45, 7) is 4.13. The summed E-state index contributed by atoms with van der Waals surface area (Å²) in [5.74, 6) is -1.52. The first-order chi connectivity index (χ1) is 13.9. The Morgan fingerprint density at radius 2 is 1.72 bits per heavy atom. The highest BCUT2D eigenvalue weighted by atomic mass is 32.2. The van der Waals surface area contributed by atoms with E-state index in [9.17, 15) is 9.59 Å². The van der Waals surface area contributed by atoms with Gasteiger partial charge in [-0.2, -0.15) is 0 Å². The molecule has 1 fully saturated rings. The Hall–Kier alpha value is -3.11. The molecule has 2 aliphatic rings. The molecular weight excluding hydrogens is 394 g/mol. The summed E-state index contributed by atoms with van der Waals surface area (Å²) in [7, 11) is 2.17. The van der Waals surface area contributed by atoms with Crippen molar-refractivity contribution in [3.05, 3.63) is 48.8 Å². The van der Waals surface area contributed by atoms with E-state index in [-0.39, 0.29) is 0 Å². The van der Waals surface area contributed by atoms with Gasteiger partial charge in [-0.05, 0) is 30.9 Å². The molecule has 152 valence electrons. The lowest BCUT2D eigenvalue weighted by Gasteiger charge is -2.34. The van der Waals surface area contributed by atoms with Gasteiger partial charge in [-0.3, -0.25) is 4.57 Å². The summed E-state index contributed by atoms with van der Waals surface area (Å²) in [5.41, 5.74) is 1.03. The van der Waals surface area contributed by atoms with E-state index < -0.39 is 11.9 Å². The SMILES string of the molecule is CN1CCN(C2=Nc3ccccc3Sc3nccn32)CC1.O=C(O)/C=C\C(=O)O. The van der Waals surface area contributed by atoms with Gasteiger partial charge in [0.05, 0.1) is 5.69 Å². The normalized spacial score (nSPS) is 16.2. The zero-order valence-electron chi connectivity index (χ0n) is 15.8. The zero-order chi connectivity index (χ0) is 20.8. The highest BCUT2D eigenvalue weighted by molar-refractivity contribution is 7.99. The maximum absolute atomic E-state index is 9.55. The molecule has 1 saturated heterocycles. The molecule has 0 spiro atoms. The number of aliphatic imine (C=N–C) groups is 1. The van der Waals surface area contributed by atoms with Gasteiger partial charge in [-0.25, -0.2) is 19.6 Å². The maximum Gasteiger partial charge on any atom is 0.328 e. The highest BCUT2D eigenvalue weighted by Gasteiger charge is 2.24. The van der Waals surface area contributed by atoms with Crippen LogP contribution in [0.4, 0.5) is 5.69 Å². The molecule has 0 radical (unpaired) electrons. The molecule has 9 nitrogen and oxygen atoms in total. The Morgan fingerprint density at radius 3 is 2.38 bits per heavy atom. The number of carbonyl (C=O) groups is 2.